The molecule has 0 fully saturated rings. The van der Waals surface area contributed by atoms with Crippen molar-refractivity contribution in [2.24, 2.45) is 0 Å². The largest absolute Gasteiger partial charge is 0.347 e. The number of H-pyrrole nitrogens is 1. The van der Waals surface area contributed by atoms with Crippen molar-refractivity contribution < 1.29 is 4.39 Å². The van der Waals surface area contributed by atoms with E-state index in [0.29, 0.717) is 18.7 Å². The predicted octanol–water partition coefficient (Wildman–Crippen LogP) is 2.60. The third-order valence-corrected chi connectivity index (χ3v) is 2.69. The Morgan fingerprint density at radius 1 is 1.38 bits per heavy atom. The Morgan fingerprint density at radius 3 is 2.94 bits per heavy atom. The molecule has 0 saturated heterocycles. The van der Waals surface area contributed by atoms with Crippen molar-refractivity contribution in [1.82, 2.24) is 15.3 Å². The van der Waals surface area contributed by atoms with E-state index in [1.807, 2.05) is 6.07 Å². The number of nitrogens with one attached hydrogen (secondary N) is 2. The SMILES string of the molecule is Fc1cc(Br)ccc1CNCc1cnc[nH]1. The minimum absolute atomic E-state index is 0.202. The monoisotopic (exact) mass is 283 g/mol. The fourth-order valence-electron chi connectivity index (χ4n) is 1.38. The van der Waals surface area contributed by atoms with E-state index in [0.717, 1.165) is 10.2 Å². The summed E-state index contributed by atoms with van der Waals surface area (Å²) in [6.45, 7) is 1.15. The Bertz CT molecular complexity index is 456. The van der Waals surface area contributed by atoms with Crippen molar-refractivity contribution in [2.75, 3.05) is 0 Å². The highest BCUT2D eigenvalue weighted by atomic mass is 79.9. The number of aromatic nitrogens is 2. The number of hydrogen-bond acceptors (Lipinski definition) is 2. The summed E-state index contributed by atoms with van der Waals surface area (Å²) in [6, 6.07) is 5.06. The molecule has 3 nitrogen and oxygen atoms in total. The van der Waals surface area contributed by atoms with Crippen LogP contribution >= 0.6 is 15.9 Å². The number of hydrogen-bond donors (Lipinski definition) is 2. The molecular formula is C11H11BrFN3. The minimum Gasteiger partial charge on any atom is -0.347 e. The number of halogens is 2. The molecule has 0 unspecified atom stereocenters. The van der Waals surface area contributed by atoms with Gasteiger partial charge in [0.25, 0.3) is 0 Å². The molecule has 0 aliphatic carbocycles. The summed E-state index contributed by atoms with van der Waals surface area (Å²) in [7, 11) is 0. The normalized spacial score (nSPS) is 10.6. The Kier molecular flexibility index (Phi) is 3.69. The van der Waals surface area contributed by atoms with E-state index in [9.17, 15) is 4.39 Å². The lowest BCUT2D eigenvalue weighted by atomic mass is 10.2. The quantitative estimate of drug-likeness (QED) is 0.906. The van der Waals surface area contributed by atoms with Crippen LogP contribution in [0.25, 0.3) is 0 Å². The molecule has 2 N–H and O–H groups in total. The van der Waals surface area contributed by atoms with Gasteiger partial charge in [0.05, 0.1) is 6.33 Å². The van der Waals surface area contributed by atoms with E-state index < -0.39 is 0 Å². The van der Waals surface area contributed by atoms with Gasteiger partial charge in [0, 0.05) is 35.0 Å². The molecule has 2 aromatic rings. The first-order valence-electron chi connectivity index (χ1n) is 4.87. The van der Waals surface area contributed by atoms with Gasteiger partial charge in [-0.1, -0.05) is 22.0 Å². The van der Waals surface area contributed by atoms with E-state index >= 15 is 0 Å². The Morgan fingerprint density at radius 2 is 2.25 bits per heavy atom. The van der Waals surface area contributed by atoms with Crippen LogP contribution in [-0.4, -0.2) is 9.97 Å². The lowest BCUT2D eigenvalue weighted by Crippen LogP contribution is -2.13. The maximum absolute atomic E-state index is 13.4. The fraction of sp³-hybridized carbons (Fsp3) is 0.182. The number of rotatable bonds is 4. The van der Waals surface area contributed by atoms with Gasteiger partial charge < -0.3 is 10.3 Å². The number of nitrogens with zero attached hydrogens (tertiary/aromatic N) is 1. The zero-order valence-electron chi connectivity index (χ0n) is 8.50. The maximum Gasteiger partial charge on any atom is 0.128 e. The van der Waals surface area contributed by atoms with Gasteiger partial charge in [-0.3, -0.25) is 0 Å². The number of aromatic amines is 1. The molecule has 0 aliphatic rings. The summed E-state index contributed by atoms with van der Waals surface area (Å²) in [5.74, 6) is -0.202. The first kappa shape index (κ1) is 11.3. The van der Waals surface area contributed by atoms with Crippen LogP contribution in [0.15, 0.2) is 35.2 Å². The van der Waals surface area contributed by atoms with Crippen LogP contribution in [0.5, 0.6) is 0 Å². The molecule has 1 aromatic heterocycles. The second kappa shape index (κ2) is 5.23. The lowest BCUT2D eigenvalue weighted by molar-refractivity contribution is 0.585. The molecule has 2 rings (SSSR count). The van der Waals surface area contributed by atoms with Gasteiger partial charge in [-0.15, -0.1) is 0 Å². The molecule has 0 bridgehead atoms. The van der Waals surface area contributed by atoms with Gasteiger partial charge in [-0.2, -0.15) is 0 Å². The Hall–Kier alpha value is -1.20. The maximum atomic E-state index is 13.4. The molecule has 16 heavy (non-hydrogen) atoms. The molecule has 0 atom stereocenters. The first-order chi connectivity index (χ1) is 7.75. The van der Waals surface area contributed by atoms with Gasteiger partial charge in [-0.25, -0.2) is 9.37 Å². The summed E-state index contributed by atoms with van der Waals surface area (Å²) in [4.78, 5) is 6.87. The molecule has 5 heteroatoms. The third kappa shape index (κ3) is 2.90. The molecule has 0 spiro atoms. The van der Waals surface area contributed by atoms with Crippen LogP contribution in [0.1, 0.15) is 11.3 Å². The summed E-state index contributed by atoms with van der Waals surface area (Å²) in [6.07, 6.45) is 3.36. The molecular weight excluding hydrogens is 273 g/mol. The van der Waals surface area contributed by atoms with Crippen LogP contribution in [0, 0.1) is 5.82 Å². The van der Waals surface area contributed by atoms with E-state index in [1.54, 1.807) is 18.6 Å². The van der Waals surface area contributed by atoms with Gasteiger partial charge >= 0.3 is 0 Å². The molecule has 1 aromatic carbocycles. The summed E-state index contributed by atoms with van der Waals surface area (Å²) in [5.41, 5.74) is 1.64. The van der Waals surface area contributed by atoms with Gasteiger partial charge in [-0.05, 0) is 12.1 Å². The highest BCUT2D eigenvalue weighted by molar-refractivity contribution is 9.10. The minimum atomic E-state index is -0.202. The van der Waals surface area contributed by atoms with E-state index in [2.05, 4.69) is 31.2 Å². The molecule has 0 amide bonds. The molecule has 1 heterocycles. The third-order valence-electron chi connectivity index (χ3n) is 2.20. The van der Waals surface area contributed by atoms with E-state index in [-0.39, 0.29) is 5.82 Å². The summed E-state index contributed by atoms with van der Waals surface area (Å²) in [5, 5.41) is 3.14. The lowest BCUT2D eigenvalue weighted by Gasteiger charge is -2.05. The van der Waals surface area contributed by atoms with E-state index in [1.165, 1.54) is 6.07 Å². The topological polar surface area (TPSA) is 40.7 Å². The van der Waals surface area contributed by atoms with Crippen molar-refractivity contribution in [3.8, 4) is 0 Å². The number of benzene rings is 1. The Balaban J connectivity index is 1.90. The van der Waals surface area contributed by atoms with Gasteiger partial charge in [0.1, 0.15) is 5.82 Å². The van der Waals surface area contributed by atoms with Crippen LogP contribution in [0.2, 0.25) is 0 Å². The summed E-state index contributed by atoms with van der Waals surface area (Å²) >= 11 is 3.22. The second-order valence-corrected chi connectivity index (χ2v) is 4.33. The van der Waals surface area contributed by atoms with Crippen molar-refractivity contribution in [3.05, 3.63) is 52.3 Å². The van der Waals surface area contributed by atoms with Crippen molar-refractivity contribution in [2.45, 2.75) is 13.1 Å². The highest BCUT2D eigenvalue weighted by Crippen LogP contribution is 2.15. The predicted molar refractivity (Wildman–Crippen MR) is 63.2 cm³/mol. The van der Waals surface area contributed by atoms with E-state index in [4.69, 9.17) is 0 Å². The van der Waals surface area contributed by atoms with Crippen molar-refractivity contribution in [1.29, 1.82) is 0 Å². The van der Waals surface area contributed by atoms with Crippen LogP contribution < -0.4 is 5.32 Å². The zero-order chi connectivity index (χ0) is 11.4. The fourth-order valence-corrected chi connectivity index (χ4v) is 1.71. The Labute approximate surface area is 101 Å². The molecule has 0 aliphatic heterocycles. The molecule has 0 saturated carbocycles. The van der Waals surface area contributed by atoms with Crippen LogP contribution in [0.4, 0.5) is 4.39 Å². The molecule has 0 radical (unpaired) electrons. The number of imidazole rings is 1. The van der Waals surface area contributed by atoms with Crippen molar-refractivity contribution >= 4 is 15.9 Å². The average molecular weight is 284 g/mol. The highest BCUT2D eigenvalue weighted by Gasteiger charge is 2.02. The average Bonchev–Trinajstić information content (AvgIpc) is 2.74. The first-order valence-corrected chi connectivity index (χ1v) is 5.67. The second-order valence-electron chi connectivity index (χ2n) is 3.42. The van der Waals surface area contributed by atoms with Crippen LogP contribution in [0.3, 0.4) is 0 Å². The van der Waals surface area contributed by atoms with Crippen molar-refractivity contribution in [3.63, 3.8) is 0 Å². The van der Waals surface area contributed by atoms with Gasteiger partial charge in [0.2, 0.25) is 0 Å². The standard InChI is InChI=1S/C11H11BrFN3/c12-9-2-1-8(11(13)3-9)4-14-5-10-6-15-7-16-10/h1-3,6-7,14H,4-5H2,(H,15,16). The van der Waals surface area contributed by atoms with Gasteiger partial charge in [0.15, 0.2) is 0 Å². The smallest absolute Gasteiger partial charge is 0.128 e. The molecule has 84 valence electrons. The zero-order valence-corrected chi connectivity index (χ0v) is 10.1. The van der Waals surface area contributed by atoms with Crippen LogP contribution in [-0.2, 0) is 13.1 Å². The summed E-state index contributed by atoms with van der Waals surface area (Å²) < 4.78 is 14.2.